The van der Waals surface area contributed by atoms with Crippen molar-refractivity contribution in [3.63, 3.8) is 0 Å². The van der Waals surface area contributed by atoms with Crippen LogP contribution in [0.5, 0.6) is 0 Å². The van der Waals surface area contributed by atoms with Gasteiger partial charge in [-0.05, 0) is 37.3 Å². The maximum absolute atomic E-state index is 4.46. The highest BCUT2D eigenvalue weighted by Crippen LogP contribution is 2.55. The van der Waals surface area contributed by atoms with Crippen LogP contribution in [0.2, 0.25) is 0 Å². The first kappa shape index (κ1) is 14.7. The smallest absolute Gasteiger partial charge is 0.134 e. The minimum atomic E-state index is 0.366. The van der Waals surface area contributed by atoms with Crippen LogP contribution in [0.3, 0.4) is 0 Å². The molecule has 0 spiro atoms. The largest absolute Gasteiger partial charge is 0.308 e. The van der Waals surface area contributed by atoms with Gasteiger partial charge in [0.25, 0.3) is 0 Å². The molecule has 112 valence electrons. The van der Waals surface area contributed by atoms with Crippen molar-refractivity contribution in [2.24, 2.45) is 0 Å². The Labute approximate surface area is 130 Å². The van der Waals surface area contributed by atoms with Crippen molar-refractivity contribution in [1.82, 2.24) is 15.5 Å². The summed E-state index contributed by atoms with van der Waals surface area (Å²) in [5.41, 5.74) is 1.44. The van der Waals surface area contributed by atoms with E-state index in [-0.39, 0.29) is 0 Å². The second-order valence-corrected chi connectivity index (χ2v) is 6.79. The molecule has 0 saturated heterocycles. The molecule has 0 bridgehead atoms. The maximum Gasteiger partial charge on any atom is 0.134 e. The zero-order valence-corrected chi connectivity index (χ0v) is 13.6. The zero-order valence-electron chi connectivity index (χ0n) is 12.7. The highest BCUT2D eigenvalue weighted by atomic mass is 32.1. The fourth-order valence-electron chi connectivity index (χ4n) is 2.80. The average Bonchev–Trinajstić information content (AvgIpc) is 3.19. The Balaban J connectivity index is 1.66. The quantitative estimate of drug-likeness (QED) is 0.830. The van der Waals surface area contributed by atoms with Gasteiger partial charge in [0.1, 0.15) is 10.0 Å². The van der Waals surface area contributed by atoms with Gasteiger partial charge in [-0.25, -0.2) is 0 Å². The minimum absolute atomic E-state index is 0.366. The van der Waals surface area contributed by atoms with Gasteiger partial charge in [-0.3, -0.25) is 0 Å². The van der Waals surface area contributed by atoms with Crippen molar-refractivity contribution in [3.05, 3.63) is 45.9 Å². The number of hydrogen-bond acceptors (Lipinski definition) is 4. The molecule has 3 rings (SSSR count). The van der Waals surface area contributed by atoms with Gasteiger partial charge in [-0.15, -0.1) is 10.2 Å². The van der Waals surface area contributed by atoms with Crippen LogP contribution in [0, 0.1) is 0 Å². The van der Waals surface area contributed by atoms with Crippen LogP contribution in [0.25, 0.3) is 0 Å². The number of nitrogens with zero attached hydrogens (tertiary/aromatic N) is 2. The van der Waals surface area contributed by atoms with Crippen LogP contribution < -0.4 is 5.32 Å². The van der Waals surface area contributed by atoms with Crippen molar-refractivity contribution >= 4 is 11.3 Å². The van der Waals surface area contributed by atoms with Crippen LogP contribution in [0.1, 0.15) is 66.6 Å². The van der Waals surface area contributed by atoms with Gasteiger partial charge in [0.2, 0.25) is 0 Å². The summed E-state index contributed by atoms with van der Waals surface area (Å²) >= 11 is 1.80. The van der Waals surface area contributed by atoms with Gasteiger partial charge < -0.3 is 5.32 Å². The Hall–Kier alpha value is -1.26. The lowest BCUT2D eigenvalue weighted by Crippen LogP contribution is -2.21. The van der Waals surface area contributed by atoms with Crippen molar-refractivity contribution in [3.8, 4) is 0 Å². The van der Waals surface area contributed by atoms with Crippen molar-refractivity contribution in [1.29, 1.82) is 0 Å². The Morgan fingerprint density at radius 2 is 2.00 bits per heavy atom. The van der Waals surface area contributed by atoms with E-state index in [2.05, 4.69) is 59.7 Å². The van der Waals surface area contributed by atoms with Crippen LogP contribution >= 0.6 is 11.3 Å². The normalized spacial score (nSPS) is 22.2. The van der Waals surface area contributed by atoms with E-state index in [4.69, 9.17) is 0 Å². The summed E-state index contributed by atoms with van der Waals surface area (Å²) in [5, 5.41) is 14.8. The molecule has 4 heteroatoms. The molecule has 3 unspecified atom stereocenters. The Morgan fingerprint density at radius 1 is 1.19 bits per heavy atom. The highest BCUT2D eigenvalue weighted by Gasteiger charge is 2.42. The first-order chi connectivity index (χ1) is 10.3. The summed E-state index contributed by atoms with van der Waals surface area (Å²) in [5.74, 6) is 1.23. The lowest BCUT2D eigenvalue weighted by atomic mass is 10.1. The van der Waals surface area contributed by atoms with Crippen LogP contribution in [0.4, 0.5) is 0 Å². The van der Waals surface area contributed by atoms with E-state index in [0.29, 0.717) is 17.9 Å². The second kappa shape index (κ2) is 6.67. The molecule has 1 aliphatic carbocycles. The van der Waals surface area contributed by atoms with Crippen molar-refractivity contribution in [2.75, 3.05) is 6.54 Å². The van der Waals surface area contributed by atoms with Gasteiger partial charge in [0, 0.05) is 5.92 Å². The predicted molar refractivity (Wildman–Crippen MR) is 87.8 cm³/mol. The van der Waals surface area contributed by atoms with Gasteiger partial charge >= 0.3 is 0 Å². The number of benzene rings is 1. The summed E-state index contributed by atoms with van der Waals surface area (Å²) in [4.78, 5) is 0. The molecule has 1 N–H and O–H groups in total. The van der Waals surface area contributed by atoms with E-state index in [1.165, 1.54) is 17.0 Å². The third kappa shape index (κ3) is 3.33. The molecule has 0 amide bonds. The molecule has 1 saturated carbocycles. The van der Waals surface area contributed by atoms with E-state index < -0.39 is 0 Å². The molecule has 0 aliphatic heterocycles. The molecule has 21 heavy (non-hydrogen) atoms. The number of rotatable bonds is 7. The average molecular weight is 301 g/mol. The van der Waals surface area contributed by atoms with Crippen LogP contribution in [-0.4, -0.2) is 16.7 Å². The van der Waals surface area contributed by atoms with E-state index in [1.807, 2.05) is 0 Å². The molecule has 1 heterocycles. The number of hydrogen-bond donors (Lipinski definition) is 1. The molecule has 1 aliphatic rings. The highest BCUT2D eigenvalue weighted by molar-refractivity contribution is 7.11. The molecule has 1 aromatic carbocycles. The maximum atomic E-state index is 4.46. The first-order valence-electron chi connectivity index (χ1n) is 7.95. The molecule has 1 fully saturated rings. The minimum Gasteiger partial charge on any atom is -0.308 e. The monoisotopic (exact) mass is 301 g/mol. The predicted octanol–water partition coefficient (Wildman–Crippen LogP) is 4.26. The van der Waals surface area contributed by atoms with Gasteiger partial charge in [0.05, 0.1) is 6.04 Å². The van der Waals surface area contributed by atoms with Crippen LogP contribution in [0.15, 0.2) is 30.3 Å². The standard InChI is InChI=1S/C17H23N3S/c1-3-10-18-15(4-2)17-20-19-16(21-17)14-11-13(14)12-8-6-5-7-9-12/h5-9,13-15,18H,3-4,10-11H2,1-2H3. The molecule has 1 aromatic heterocycles. The second-order valence-electron chi connectivity index (χ2n) is 5.75. The Bertz CT molecular complexity index is 566. The molecule has 3 atom stereocenters. The molecule has 3 nitrogen and oxygen atoms in total. The summed E-state index contributed by atoms with van der Waals surface area (Å²) in [7, 11) is 0. The van der Waals surface area contributed by atoms with E-state index in [0.717, 1.165) is 24.4 Å². The Kier molecular flexibility index (Phi) is 4.66. The van der Waals surface area contributed by atoms with Gasteiger partial charge in [-0.1, -0.05) is 55.5 Å². The topological polar surface area (TPSA) is 37.8 Å². The third-order valence-corrected chi connectivity index (χ3v) is 5.31. The van der Waals surface area contributed by atoms with E-state index in [1.54, 1.807) is 11.3 Å². The fraction of sp³-hybridized carbons (Fsp3) is 0.529. The van der Waals surface area contributed by atoms with Crippen LogP contribution in [-0.2, 0) is 0 Å². The zero-order chi connectivity index (χ0) is 14.7. The first-order valence-corrected chi connectivity index (χ1v) is 8.76. The fourth-order valence-corrected chi connectivity index (χ4v) is 3.98. The molecular weight excluding hydrogens is 278 g/mol. The summed E-state index contributed by atoms with van der Waals surface area (Å²) < 4.78 is 0. The Morgan fingerprint density at radius 3 is 2.71 bits per heavy atom. The van der Waals surface area contributed by atoms with E-state index in [9.17, 15) is 0 Å². The number of nitrogens with one attached hydrogen (secondary N) is 1. The lowest BCUT2D eigenvalue weighted by molar-refractivity contribution is 0.512. The lowest BCUT2D eigenvalue weighted by Gasteiger charge is -2.12. The van der Waals surface area contributed by atoms with Gasteiger partial charge in [-0.2, -0.15) is 0 Å². The summed E-state index contributed by atoms with van der Waals surface area (Å²) in [6.45, 7) is 5.45. The van der Waals surface area contributed by atoms with Gasteiger partial charge in [0.15, 0.2) is 0 Å². The molecule has 0 radical (unpaired) electrons. The van der Waals surface area contributed by atoms with Crippen molar-refractivity contribution in [2.45, 2.75) is 51.0 Å². The molecule has 2 aromatic rings. The third-order valence-electron chi connectivity index (χ3n) is 4.14. The molecular formula is C17H23N3S. The summed E-state index contributed by atoms with van der Waals surface area (Å²) in [6.07, 6.45) is 3.44. The van der Waals surface area contributed by atoms with E-state index >= 15 is 0 Å². The van der Waals surface area contributed by atoms with Crippen molar-refractivity contribution < 1.29 is 0 Å². The number of aromatic nitrogens is 2. The summed E-state index contributed by atoms with van der Waals surface area (Å²) in [6, 6.07) is 11.1. The SMILES string of the molecule is CCCNC(CC)c1nnc(C2CC2c2ccccc2)s1.